The van der Waals surface area contributed by atoms with Crippen molar-refractivity contribution < 1.29 is 0 Å². The highest BCUT2D eigenvalue weighted by Crippen LogP contribution is 2.49. The van der Waals surface area contributed by atoms with Crippen LogP contribution < -0.4 is 11.1 Å². The first-order valence-corrected chi connectivity index (χ1v) is 12.3. The maximum absolute atomic E-state index is 6.44. The van der Waals surface area contributed by atoms with Crippen LogP contribution in [0.3, 0.4) is 0 Å². The standard InChI is InChI=1S/C25H42N4/c1-3-16-27-22-11-7-10-20(17-22)18-25(15-14-19-8-5-4-6-9-19)23(21-12-13-21)29(2)24(26)28-25/h3,19-20,22,27H,1,4-18H2,2H3,(H2,26,28)/t20-,22-,25+/m0/s1. The summed E-state index contributed by atoms with van der Waals surface area (Å²) in [6.07, 6.45) is 20.6. The summed E-state index contributed by atoms with van der Waals surface area (Å²) < 4.78 is 0. The lowest BCUT2D eigenvalue weighted by molar-refractivity contribution is 0.219. The molecule has 162 valence electrons. The fraction of sp³-hybridized carbons (Fsp3) is 0.800. The van der Waals surface area contributed by atoms with Crippen molar-refractivity contribution in [2.75, 3.05) is 13.6 Å². The van der Waals surface area contributed by atoms with E-state index in [1.165, 1.54) is 95.6 Å². The maximum Gasteiger partial charge on any atom is 0.196 e. The third kappa shape index (κ3) is 4.90. The number of hydrogen-bond acceptors (Lipinski definition) is 4. The van der Waals surface area contributed by atoms with Gasteiger partial charge in [-0.25, -0.2) is 4.99 Å². The van der Waals surface area contributed by atoms with E-state index in [0.29, 0.717) is 6.04 Å². The van der Waals surface area contributed by atoms with E-state index >= 15 is 0 Å². The molecule has 3 N–H and O–H groups in total. The number of aliphatic imine (C=N–C) groups is 1. The quantitative estimate of drug-likeness (QED) is 0.558. The van der Waals surface area contributed by atoms with Crippen molar-refractivity contribution in [3.05, 3.63) is 23.9 Å². The van der Waals surface area contributed by atoms with Gasteiger partial charge in [-0.3, -0.25) is 0 Å². The van der Waals surface area contributed by atoms with Gasteiger partial charge in [-0.05, 0) is 62.4 Å². The van der Waals surface area contributed by atoms with E-state index in [4.69, 9.17) is 10.7 Å². The molecule has 0 spiro atoms. The molecular formula is C25H42N4. The molecule has 3 atom stereocenters. The molecular weight excluding hydrogens is 356 g/mol. The molecule has 3 fully saturated rings. The van der Waals surface area contributed by atoms with Crippen LogP contribution in [0, 0.1) is 11.8 Å². The minimum Gasteiger partial charge on any atom is -0.370 e. The number of nitrogens with zero attached hydrogens (tertiary/aromatic N) is 2. The van der Waals surface area contributed by atoms with Crippen LogP contribution in [0.4, 0.5) is 0 Å². The van der Waals surface area contributed by atoms with E-state index in [0.717, 1.165) is 24.3 Å². The zero-order valence-electron chi connectivity index (χ0n) is 18.6. The number of nitrogens with two attached hydrogens (primary N) is 1. The first-order valence-electron chi connectivity index (χ1n) is 12.3. The second kappa shape index (κ2) is 9.24. The van der Waals surface area contributed by atoms with Gasteiger partial charge in [-0.2, -0.15) is 0 Å². The van der Waals surface area contributed by atoms with Gasteiger partial charge in [0.1, 0.15) is 5.54 Å². The van der Waals surface area contributed by atoms with Gasteiger partial charge in [0.15, 0.2) is 5.96 Å². The predicted octanol–water partition coefficient (Wildman–Crippen LogP) is 5.12. The summed E-state index contributed by atoms with van der Waals surface area (Å²) in [6.45, 7) is 4.80. The average Bonchev–Trinajstić information content (AvgIpc) is 3.53. The highest BCUT2D eigenvalue weighted by Gasteiger charge is 2.47. The van der Waals surface area contributed by atoms with E-state index in [9.17, 15) is 0 Å². The lowest BCUT2D eigenvalue weighted by Gasteiger charge is -2.38. The largest absolute Gasteiger partial charge is 0.370 e. The zero-order chi connectivity index (χ0) is 20.3. The summed E-state index contributed by atoms with van der Waals surface area (Å²) >= 11 is 0. The normalized spacial score (nSPS) is 33.1. The van der Waals surface area contributed by atoms with Gasteiger partial charge in [0.2, 0.25) is 0 Å². The smallest absolute Gasteiger partial charge is 0.196 e. The van der Waals surface area contributed by atoms with Crippen molar-refractivity contribution in [1.29, 1.82) is 0 Å². The van der Waals surface area contributed by atoms with Crippen molar-refractivity contribution in [3.8, 4) is 0 Å². The van der Waals surface area contributed by atoms with Crippen LogP contribution in [-0.2, 0) is 0 Å². The summed E-state index contributed by atoms with van der Waals surface area (Å²) in [6, 6.07) is 0.639. The van der Waals surface area contributed by atoms with Crippen molar-refractivity contribution in [3.63, 3.8) is 0 Å². The van der Waals surface area contributed by atoms with Crippen LogP contribution in [0.25, 0.3) is 0 Å². The maximum atomic E-state index is 6.44. The van der Waals surface area contributed by atoms with Gasteiger partial charge < -0.3 is 16.0 Å². The summed E-state index contributed by atoms with van der Waals surface area (Å²) in [5.74, 6) is 2.40. The lowest BCUT2D eigenvalue weighted by atomic mass is 9.73. The molecule has 3 aliphatic carbocycles. The zero-order valence-corrected chi connectivity index (χ0v) is 18.6. The Balaban J connectivity index is 1.51. The summed E-state index contributed by atoms with van der Waals surface area (Å²) in [5, 5.41) is 3.69. The second-order valence-corrected chi connectivity index (χ2v) is 10.2. The van der Waals surface area contributed by atoms with E-state index in [2.05, 4.69) is 23.8 Å². The minimum atomic E-state index is -0.0485. The molecule has 1 heterocycles. The fourth-order valence-electron chi connectivity index (χ4n) is 6.37. The van der Waals surface area contributed by atoms with Crippen molar-refractivity contribution in [2.24, 2.45) is 22.6 Å². The molecule has 0 amide bonds. The van der Waals surface area contributed by atoms with Crippen LogP contribution >= 0.6 is 0 Å². The Morgan fingerprint density at radius 1 is 1.14 bits per heavy atom. The molecule has 4 rings (SSSR count). The molecule has 0 bridgehead atoms. The molecule has 3 saturated carbocycles. The van der Waals surface area contributed by atoms with E-state index < -0.39 is 0 Å². The molecule has 4 aliphatic rings. The summed E-state index contributed by atoms with van der Waals surface area (Å²) in [4.78, 5) is 7.47. The van der Waals surface area contributed by atoms with Gasteiger partial charge >= 0.3 is 0 Å². The molecule has 0 unspecified atom stereocenters. The number of allylic oxidation sites excluding steroid dienone is 1. The highest BCUT2D eigenvalue weighted by molar-refractivity contribution is 5.84. The van der Waals surface area contributed by atoms with Gasteiger partial charge in [-0.1, -0.05) is 51.0 Å². The molecule has 1 aliphatic heterocycles. The van der Waals surface area contributed by atoms with Crippen LogP contribution in [0.1, 0.15) is 89.9 Å². The Labute approximate surface area is 178 Å². The Kier molecular flexibility index (Phi) is 6.68. The number of hydrogen-bond donors (Lipinski definition) is 2. The van der Waals surface area contributed by atoms with Crippen LogP contribution in [0.15, 0.2) is 28.9 Å². The van der Waals surface area contributed by atoms with Crippen molar-refractivity contribution in [1.82, 2.24) is 10.2 Å². The molecule has 0 saturated heterocycles. The Morgan fingerprint density at radius 3 is 2.62 bits per heavy atom. The summed E-state index contributed by atoms with van der Waals surface area (Å²) in [5.41, 5.74) is 9.50. The molecule has 0 aromatic carbocycles. The van der Waals surface area contributed by atoms with Crippen molar-refractivity contribution >= 4 is 5.96 Å². The first kappa shape index (κ1) is 21.0. The SMILES string of the molecule is C=CCN[C@H]1CCC[C@H](C[C@@]2(CCC3CCCCC3)N=C(N)N(C)C2=C2CC2)C1. The van der Waals surface area contributed by atoms with E-state index in [1.54, 1.807) is 5.57 Å². The van der Waals surface area contributed by atoms with E-state index in [-0.39, 0.29) is 5.54 Å². The fourth-order valence-corrected chi connectivity index (χ4v) is 6.37. The third-order valence-electron chi connectivity index (χ3n) is 7.93. The van der Waals surface area contributed by atoms with Gasteiger partial charge in [0, 0.05) is 25.3 Å². The monoisotopic (exact) mass is 398 g/mol. The van der Waals surface area contributed by atoms with Crippen molar-refractivity contribution in [2.45, 2.75) is 101 Å². The van der Waals surface area contributed by atoms with E-state index in [1.807, 2.05) is 6.08 Å². The van der Waals surface area contributed by atoms with Crippen LogP contribution in [0.5, 0.6) is 0 Å². The molecule has 4 heteroatoms. The number of guanidine groups is 1. The minimum absolute atomic E-state index is 0.0485. The number of likely N-dealkylation sites (N-methyl/N-ethyl adjacent to an activating group) is 1. The lowest BCUT2D eigenvalue weighted by Crippen LogP contribution is -2.39. The second-order valence-electron chi connectivity index (χ2n) is 10.2. The molecule has 0 radical (unpaired) electrons. The van der Waals surface area contributed by atoms with Gasteiger partial charge in [0.25, 0.3) is 0 Å². The Morgan fingerprint density at radius 2 is 1.90 bits per heavy atom. The molecule has 4 nitrogen and oxygen atoms in total. The third-order valence-corrected chi connectivity index (χ3v) is 7.93. The average molecular weight is 399 g/mol. The van der Waals surface area contributed by atoms with Gasteiger partial charge in [0.05, 0.1) is 0 Å². The number of rotatable bonds is 8. The highest BCUT2D eigenvalue weighted by atomic mass is 15.3. The summed E-state index contributed by atoms with van der Waals surface area (Å²) in [7, 11) is 2.15. The first-order chi connectivity index (χ1) is 14.1. The predicted molar refractivity (Wildman–Crippen MR) is 123 cm³/mol. The Hall–Kier alpha value is -1.29. The van der Waals surface area contributed by atoms with Crippen LogP contribution in [-0.4, -0.2) is 36.0 Å². The number of nitrogens with one attached hydrogen (secondary N) is 1. The Bertz CT molecular complexity index is 639. The van der Waals surface area contributed by atoms with Gasteiger partial charge in [-0.15, -0.1) is 6.58 Å². The molecule has 29 heavy (non-hydrogen) atoms. The topological polar surface area (TPSA) is 53.6 Å². The van der Waals surface area contributed by atoms with Crippen LogP contribution in [0.2, 0.25) is 0 Å². The molecule has 0 aromatic heterocycles. The molecule has 0 aromatic rings.